The van der Waals surface area contributed by atoms with Crippen molar-refractivity contribution < 1.29 is 19.0 Å². The van der Waals surface area contributed by atoms with Crippen LogP contribution >= 0.6 is 12.2 Å². The minimum absolute atomic E-state index is 0.0662. The Balaban J connectivity index is 1.51. The maximum Gasteiger partial charge on any atom is 0.320 e. The Hall–Kier alpha value is -2.84. The van der Waals surface area contributed by atoms with Gasteiger partial charge in [-0.2, -0.15) is 0 Å². The Morgan fingerprint density at radius 2 is 1.89 bits per heavy atom. The lowest BCUT2D eigenvalue weighted by Gasteiger charge is -2.45. The van der Waals surface area contributed by atoms with Gasteiger partial charge >= 0.3 is 5.97 Å². The fourth-order valence-corrected chi connectivity index (χ4v) is 6.07. The zero-order valence-corrected chi connectivity index (χ0v) is 22.2. The predicted octanol–water partition coefficient (Wildman–Crippen LogP) is 3.80. The molecular weight excluding hydrogens is 474 g/mol. The first-order valence-electron chi connectivity index (χ1n) is 12.7. The van der Waals surface area contributed by atoms with Crippen molar-refractivity contribution in [3.8, 4) is 11.5 Å². The Labute approximate surface area is 219 Å². The van der Waals surface area contributed by atoms with E-state index in [4.69, 9.17) is 26.4 Å². The fourth-order valence-electron chi connectivity index (χ4n) is 5.83. The molecule has 7 nitrogen and oxygen atoms in total. The quantitative estimate of drug-likeness (QED) is 0.389. The van der Waals surface area contributed by atoms with E-state index in [1.165, 1.54) is 11.1 Å². The molecule has 0 unspecified atom stereocenters. The van der Waals surface area contributed by atoms with Crippen LogP contribution in [0.4, 0.5) is 0 Å². The van der Waals surface area contributed by atoms with Crippen molar-refractivity contribution in [1.29, 1.82) is 0 Å². The van der Waals surface area contributed by atoms with E-state index < -0.39 is 0 Å². The molecule has 4 rings (SSSR count). The third-order valence-electron chi connectivity index (χ3n) is 7.60. The summed E-state index contributed by atoms with van der Waals surface area (Å²) < 4.78 is 16.4. The topological polar surface area (TPSA) is 72.1 Å². The lowest BCUT2D eigenvalue weighted by atomic mass is 9.65. The molecule has 1 saturated carbocycles. The van der Waals surface area contributed by atoms with Gasteiger partial charge in [-0.25, -0.2) is 0 Å². The van der Waals surface area contributed by atoms with Crippen LogP contribution in [-0.4, -0.2) is 62.0 Å². The van der Waals surface area contributed by atoms with Crippen molar-refractivity contribution in [1.82, 2.24) is 15.5 Å². The highest BCUT2D eigenvalue weighted by molar-refractivity contribution is 7.80. The number of nitrogens with one attached hydrogen (secondary N) is 2. The molecule has 0 radical (unpaired) electrons. The highest BCUT2D eigenvalue weighted by Crippen LogP contribution is 2.50. The summed E-state index contributed by atoms with van der Waals surface area (Å²) in [7, 11) is 3.32. The Kier molecular flexibility index (Phi) is 8.69. The second-order valence-electron chi connectivity index (χ2n) is 9.55. The van der Waals surface area contributed by atoms with Crippen molar-refractivity contribution in [3.05, 3.63) is 59.7 Å². The number of likely N-dealkylation sites (tertiary alicyclic amines) is 1. The number of carbonyl (C=O) groups excluding carboxylic acids is 1. The van der Waals surface area contributed by atoms with Crippen LogP contribution in [0.1, 0.15) is 43.7 Å². The van der Waals surface area contributed by atoms with Crippen LogP contribution in [0.15, 0.2) is 48.5 Å². The Bertz CT molecular complexity index is 1050. The summed E-state index contributed by atoms with van der Waals surface area (Å²) in [6, 6.07) is 16.9. The van der Waals surface area contributed by atoms with Crippen LogP contribution < -0.4 is 20.1 Å². The number of hydrogen-bond donors (Lipinski definition) is 2. The maximum atomic E-state index is 12.4. The second-order valence-corrected chi connectivity index (χ2v) is 9.96. The molecule has 1 saturated heterocycles. The molecule has 2 aliphatic rings. The van der Waals surface area contributed by atoms with Crippen LogP contribution in [0.2, 0.25) is 0 Å². The minimum Gasteiger partial charge on any atom is -0.493 e. The minimum atomic E-state index is -0.171. The van der Waals surface area contributed by atoms with E-state index in [1.807, 2.05) is 31.2 Å². The van der Waals surface area contributed by atoms with Crippen molar-refractivity contribution >= 4 is 23.3 Å². The fraction of sp³-hybridized carbons (Fsp3) is 0.500. The van der Waals surface area contributed by atoms with Gasteiger partial charge in [-0.1, -0.05) is 36.4 Å². The number of carbonyl (C=O) groups is 1. The first kappa shape index (κ1) is 26.2. The second kappa shape index (κ2) is 11.9. The summed E-state index contributed by atoms with van der Waals surface area (Å²) in [5.41, 5.74) is 2.36. The van der Waals surface area contributed by atoms with Gasteiger partial charge in [-0.3, -0.25) is 9.69 Å². The molecule has 0 amide bonds. The maximum absolute atomic E-state index is 12.4. The first-order chi connectivity index (χ1) is 17.5. The van der Waals surface area contributed by atoms with E-state index in [-0.39, 0.29) is 23.5 Å². The number of nitrogens with zero attached hydrogens (tertiary/aromatic N) is 1. The van der Waals surface area contributed by atoms with E-state index in [0.717, 1.165) is 43.7 Å². The van der Waals surface area contributed by atoms with Crippen LogP contribution in [0.5, 0.6) is 11.5 Å². The number of hydrogen-bond acceptors (Lipinski definition) is 6. The standard InChI is InChI=1S/C28H37N3O4S/c1-4-35-26(32)19-31-15-14-28(21-10-11-23(33-2)24(16-21)34-3)13-12-22(17-25(28)31)30-27(36)29-18-20-8-6-5-7-9-20/h5-11,16,22,25H,4,12-15,17-19H2,1-3H3,(H2,29,30,36)/t22-,25+,28-/m0/s1. The predicted molar refractivity (Wildman–Crippen MR) is 144 cm³/mol. The van der Waals surface area contributed by atoms with Crippen LogP contribution in [0, 0.1) is 0 Å². The van der Waals surface area contributed by atoms with Gasteiger partial charge in [0.25, 0.3) is 0 Å². The van der Waals surface area contributed by atoms with Crippen molar-refractivity contribution in [2.75, 3.05) is 33.9 Å². The summed E-state index contributed by atoms with van der Waals surface area (Å²) in [4.78, 5) is 14.7. The molecule has 194 valence electrons. The van der Waals surface area contributed by atoms with E-state index in [9.17, 15) is 4.79 Å². The smallest absolute Gasteiger partial charge is 0.320 e. The zero-order chi connectivity index (χ0) is 25.5. The number of ether oxygens (including phenoxy) is 3. The number of esters is 1. The number of methoxy groups -OCH3 is 2. The van der Waals surface area contributed by atoms with Gasteiger partial charge in [0.05, 0.1) is 27.4 Å². The third kappa shape index (κ3) is 5.76. The number of rotatable bonds is 9. The van der Waals surface area contributed by atoms with Crippen LogP contribution in [-0.2, 0) is 21.5 Å². The van der Waals surface area contributed by atoms with Gasteiger partial charge in [0.15, 0.2) is 16.6 Å². The average Bonchev–Trinajstić information content (AvgIpc) is 3.26. The summed E-state index contributed by atoms with van der Waals surface area (Å²) in [5.74, 6) is 1.29. The molecule has 2 aromatic rings. The van der Waals surface area contributed by atoms with Crippen molar-refractivity contribution in [3.63, 3.8) is 0 Å². The molecule has 2 N–H and O–H groups in total. The third-order valence-corrected chi connectivity index (χ3v) is 7.86. The molecule has 36 heavy (non-hydrogen) atoms. The van der Waals surface area contributed by atoms with E-state index in [2.05, 4.69) is 39.8 Å². The van der Waals surface area contributed by atoms with Crippen molar-refractivity contribution in [2.45, 2.75) is 56.7 Å². The highest BCUT2D eigenvalue weighted by atomic mass is 32.1. The molecule has 0 spiro atoms. The summed E-state index contributed by atoms with van der Waals surface area (Å²) in [6.45, 7) is 4.08. The monoisotopic (exact) mass is 511 g/mol. The van der Waals surface area contributed by atoms with Gasteiger partial charge in [0.2, 0.25) is 0 Å². The zero-order valence-electron chi connectivity index (χ0n) is 21.4. The average molecular weight is 512 g/mol. The molecule has 3 atom stereocenters. The molecule has 8 heteroatoms. The van der Waals surface area contributed by atoms with E-state index in [1.54, 1.807) is 14.2 Å². The summed E-state index contributed by atoms with van der Waals surface area (Å²) in [6.07, 6.45) is 3.85. The normalized spacial score (nSPS) is 23.4. The van der Waals surface area contributed by atoms with E-state index >= 15 is 0 Å². The number of benzene rings is 2. The molecule has 0 aromatic heterocycles. The number of fused-ring (bicyclic) bond motifs is 1. The molecule has 2 fully saturated rings. The molecule has 1 aliphatic carbocycles. The SMILES string of the molecule is CCOC(=O)CN1CC[C@]2(c3ccc(OC)c(OC)c3)CC[C@H](NC(=S)NCc3ccccc3)C[C@@H]12. The highest BCUT2D eigenvalue weighted by Gasteiger charge is 2.52. The molecule has 1 heterocycles. The summed E-state index contributed by atoms with van der Waals surface area (Å²) in [5, 5.41) is 7.54. The molecule has 0 bridgehead atoms. The Morgan fingerprint density at radius 1 is 1.11 bits per heavy atom. The lowest BCUT2D eigenvalue weighted by Crippen LogP contribution is -2.54. The van der Waals surface area contributed by atoms with Gasteiger partial charge in [-0.05, 0) is 74.6 Å². The number of thiocarbonyl (C=S) groups is 1. The molecule has 1 aliphatic heterocycles. The van der Waals surface area contributed by atoms with Crippen LogP contribution in [0.25, 0.3) is 0 Å². The van der Waals surface area contributed by atoms with Gasteiger partial charge in [-0.15, -0.1) is 0 Å². The van der Waals surface area contributed by atoms with Gasteiger partial charge < -0.3 is 24.8 Å². The first-order valence-corrected chi connectivity index (χ1v) is 13.1. The van der Waals surface area contributed by atoms with E-state index in [0.29, 0.717) is 24.8 Å². The molecular formula is C28H37N3O4S. The largest absolute Gasteiger partial charge is 0.493 e. The van der Waals surface area contributed by atoms with Gasteiger partial charge in [0, 0.05) is 24.0 Å². The van der Waals surface area contributed by atoms with Crippen LogP contribution in [0.3, 0.4) is 0 Å². The lowest BCUT2D eigenvalue weighted by molar-refractivity contribution is -0.144. The van der Waals surface area contributed by atoms with Crippen molar-refractivity contribution in [2.24, 2.45) is 0 Å². The Morgan fingerprint density at radius 3 is 2.61 bits per heavy atom. The summed E-state index contributed by atoms with van der Waals surface area (Å²) >= 11 is 5.63. The van der Waals surface area contributed by atoms with Gasteiger partial charge in [0.1, 0.15) is 0 Å². The molecule has 2 aromatic carbocycles.